The van der Waals surface area contributed by atoms with Crippen LogP contribution in [-0.2, 0) is 65.4 Å². The molecule has 0 aromatic carbocycles. The van der Waals surface area contributed by atoms with Gasteiger partial charge in [0, 0.05) is 25.7 Å². The van der Waals surface area contributed by atoms with Gasteiger partial charge in [-0.2, -0.15) is 0 Å². The molecule has 0 saturated heterocycles. The van der Waals surface area contributed by atoms with E-state index in [4.69, 9.17) is 37.0 Å². The molecule has 0 radical (unpaired) electrons. The van der Waals surface area contributed by atoms with Crippen LogP contribution in [0.25, 0.3) is 0 Å². The molecule has 0 aliphatic rings. The topological polar surface area (TPSA) is 237 Å². The van der Waals surface area contributed by atoms with Crippen molar-refractivity contribution in [1.29, 1.82) is 0 Å². The zero-order valence-corrected chi connectivity index (χ0v) is 70.5. The number of carbonyl (C=O) groups excluding carboxylic acids is 4. The lowest BCUT2D eigenvalue weighted by Crippen LogP contribution is -2.30. The number of phosphoric acid groups is 2. The minimum absolute atomic E-state index is 0.107. The second kappa shape index (κ2) is 73.8. The van der Waals surface area contributed by atoms with Crippen LogP contribution in [0.1, 0.15) is 441 Å². The summed E-state index contributed by atoms with van der Waals surface area (Å²) in [7, 11) is -9.93. The van der Waals surface area contributed by atoms with E-state index in [9.17, 15) is 43.2 Å². The van der Waals surface area contributed by atoms with Crippen molar-refractivity contribution in [2.75, 3.05) is 39.6 Å². The minimum atomic E-state index is -4.97. The summed E-state index contributed by atoms with van der Waals surface area (Å²) in [4.78, 5) is 73.2. The average Bonchev–Trinajstić information content (AvgIpc) is 1.04. The van der Waals surface area contributed by atoms with Gasteiger partial charge in [-0.3, -0.25) is 37.3 Å². The molecular formula is C85H166O17P2. The van der Waals surface area contributed by atoms with E-state index >= 15 is 0 Å². The smallest absolute Gasteiger partial charge is 0.462 e. The lowest BCUT2D eigenvalue weighted by atomic mass is 9.99. The van der Waals surface area contributed by atoms with E-state index in [2.05, 4.69) is 55.4 Å². The number of ether oxygens (including phenoxy) is 4. The Hall–Kier alpha value is -1.94. The number of hydrogen-bond donors (Lipinski definition) is 3. The van der Waals surface area contributed by atoms with Crippen molar-refractivity contribution in [3.63, 3.8) is 0 Å². The molecule has 0 amide bonds. The molecule has 0 rings (SSSR count). The fraction of sp³-hybridized carbons (Fsp3) is 0.953. The van der Waals surface area contributed by atoms with Gasteiger partial charge in [0.2, 0.25) is 0 Å². The standard InChI is InChI=1S/C85H166O17P2/c1-9-76(6)62-54-46-38-30-24-20-16-14-12-13-15-17-22-26-34-42-51-59-67-84(89)101-80(71-95-82(87)65-57-49-41-33-29-28-32-40-48-56-64-78(8)11-3)73-99-103(91,92)97-69-79(86)70-98-104(93,94)100-74-81(72-96-83(88)66-58-50-44-36-37-45-53-61-75(4)5)102-85(90)68-60-52-43-35-27-23-19-18-21-25-31-39-47-55-63-77(7)10-2/h75-81,86H,9-74H2,1-8H3,(H,91,92)(H,93,94)/t76?,77?,78?,79?,80-,81-/m1/s1. The highest BCUT2D eigenvalue weighted by molar-refractivity contribution is 7.47. The monoisotopic (exact) mass is 1520 g/mol. The normalized spacial score (nSPS) is 14.7. The highest BCUT2D eigenvalue weighted by Gasteiger charge is 2.31. The maximum absolute atomic E-state index is 13.1. The third kappa shape index (κ3) is 74.2. The summed E-state index contributed by atoms with van der Waals surface area (Å²) in [5, 5.41) is 10.7. The maximum atomic E-state index is 13.1. The van der Waals surface area contributed by atoms with Crippen molar-refractivity contribution in [3.8, 4) is 0 Å². The summed E-state index contributed by atoms with van der Waals surface area (Å²) >= 11 is 0. The molecule has 0 bridgehead atoms. The highest BCUT2D eigenvalue weighted by Crippen LogP contribution is 2.45. The molecule has 17 nitrogen and oxygen atoms in total. The molecule has 0 heterocycles. The molecule has 0 aromatic rings. The van der Waals surface area contributed by atoms with E-state index in [0.717, 1.165) is 114 Å². The van der Waals surface area contributed by atoms with E-state index in [-0.39, 0.29) is 25.7 Å². The zero-order valence-electron chi connectivity index (χ0n) is 68.7. The first-order valence-corrected chi connectivity index (χ1v) is 46.8. The Morgan fingerprint density at radius 3 is 0.683 bits per heavy atom. The van der Waals surface area contributed by atoms with E-state index in [1.807, 2.05) is 0 Å². The summed E-state index contributed by atoms with van der Waals surface area (Å²) < 4.78 is 68.8. The Balaban J connectivity index is 5.22. The van der Waals surface area contributed by atoms with Crippen LogP contribution in [0, 0.1) is 23.7 Å². The van der Waals surface area contributed by atoms with Crippen LogP contribution in [-0.4, -0.2) is 96.7 Å². The van der Waals surface area contributed by atoms with Gasteiger partial charge in [-0.1, -0.05) is 389 Å². The third-order valence-corrected chi connectivity index (χ3v) is 22.8. The van der Waals surface area contributed by atoms with Crippen LogP contribution in [0.5, 0.6) is 0 Å². The fourth-order valence-corrected chi connectivity index (χ4v) is 14.6. The molecular weight excluding hydrogens is 1350 g/mol. The Morgan fingerprint density at radius 1 is 0.269 bits per heavy atom. The first-order chi connectivity index (χ1) is 50.2. The van der Waals surface area contributed by atoms with Crippen LogP contribution in [0.15, 0.2) is 0 Å². The number of unbranched alkanes of at least 4 members (excludes halogenated alkanes) is 45. The number of esters is 4. The summed E-state index contributed by atoms with van der Waals surface area (Å²) in [5.74, 6) is 1.12. The second-order valence-electron chi connectivity index (χ2n) is 31.8. The molecule has 0 fully saturated rings. The van der Waals surface area contributed by atoms with Gasteiger partial charge in [0.1, 0.15) is 19.3 Å². The molecule has 8 atom stereocenters. The van der Waals surface area contributed by atoms with Crippen LogP contribution >= 0.6 is 15.6 Å². The van der Waals surface area contributed by atoms with Gasteiger partial charge in [0.15, 0.2) is 12.2 Å². The van der Waals surface area contributed by atoms with Gasteiger partial charge in [-0.15, -0.1) is 0 Å². The molecule has 6 unspecified atom stereocenters. The Labute approximate surface area is 638 Å². The van der Waals surface area contributed by atoms with Gasteiger partial charge in [-0.25, -0.2) is 9.13 Å². The molecule has 104 heavy (non-hydrogen) atoms. The van der Waals surface area contributed by atoms with Gasteiger partial charge >= 0.3 is 39.5 Å². The number of rotatable bonds is 82. The summed E-state index contributed by atoms with van der Waals surface area (Å²) in [6.45, 7) is 14.4. The maximum Gasteiger partial charge on any atom is 0.472 e. The van der Waals surface area contributed by atoms with Gasteiger partial charge < -0.3 is 33.8 Å². The second-order valence-corrected chi connectivity index (χ2v) is 34.7. The van der Waals surface area contributed by atoms with Crippen molar-refractivity contribution >= 4 is 39.5 Å². The number of aliphatic hydroxyl groups is 1. The number of aliphatic hydroxyl groups excluding tert-OH is 1. The SMILES string of the molecule is CCC(C)CCCCCCCCCCCCCCCCCCCCC(=O)O[C@H](COC(=O)CCCCCCCCCCCCC(C)CC)COP(=O)(O)OCC(O)COP(=O)(O)OC[C@@H](COC(=O)CCCCCCCCCC(C)C)OC(=O)CCCCCCCCCCCCCCCCC(C)CC. The predicted molar refractivity (Wildman–Crippen MR) is 428 cm³/mol. The molecule has 618 valence electrons. The van der Waals surface area contributed by atoms with Crippen molar-refractivity contribution in [1.82, 2.24) is 0 Å². The van der Waals surface area contributed by atoms with Crippen LogP contribution in [0.3, 0.4) is 0 Å². The summed E-state index contributed by atoms with van der Waals surface area (Å²) in [6.07, 6.45) is 62.4. The van der Waals surface area contributed by atoms with E-state index in [0.29, 0.717) is 31.6 Å². The quantitative estimate of drug-likeness (QED) is 0.0222. The lowest BCUT2D eigenvalue weighted by Gasteiger charge is -2.21. The third-order valence-electron chi connectivity index (χ3n) is 20.9. The first kappa shape index (κ1) is 102. The number of phosphoric ester groups is 2. The zero-order chi connectivity index (χ0) is 76.7. The van der Waals surface area contributed by atoms with Gasteiger partial charge in [-0.05, 0) is 49.4 Å². The molecule has 0 aliphatic heterocycles. The molecule has 0 saturated carbocycles. The van der Waals surface area contributed by atoms with Crippen LogP contribution < -0.4 is 0 Å². The molecule has 3 N–H and O–H groups in total. The Morgan fingerprint density at radius 2 is 0.462 bits per heavy atom. The van der Waals surface area contributed by atoms with E-state index in [1.54, 1.807) is 0 Å². The van der Waals surface area contributed by atoms with Crippen molar-refractivity contribution < 1.29 is 80.2 Å². The van der Waals surface area contributed by atoms with Crippen LogP contribution in [0.2, 0.25) is 0 Å². The summed E-state index contributed by atoms with van der Waals surface area (Å²) in [5.41, 5.74) is 0. The molecule has 0 aromatic heterocycles. The van der Waals surface area contributed by atoms with Crippen molar-refractivity contribution in [3.05, 3.63) is 0 Å². The molecule has 19 heteroatoms. The van der Waals surface area contributed by atoms with Crippen LogP contribution in [0.4, 0.5) is 0 Å². The van der Waals surface area contributed by atoms with E-state index in [1.165, 1.54) is 238 Å². The van der Waals surface area contributed by atoms with Crippen molar-refractivity contribution in [2.45, 2.75) is 459 Å². The lowest BCUT2D eigenvalue weighted by molar-refractivity contribution is -0.161. The van der Waals surface area contributed by atoms with Gasteiger partial charge in [0.25, 0.3) is 0 Å². The minimum Gasteiger partial charge on any atom is -0.462 e. The predicted octanol–water partition coefficient (Wildman–Crippen LogP) is 25.6. The van der Waals surface area contributed by atoms with Gasteiger partial charge in [0.05, 0.1) is 26.4 Å². The Bertz CT molecular complexity index is 2030. The van der Waals surface area contributed by atoms with E-state index < -0.39 is 97.5 Å². The number of carbonyl (C=O) groups is 4. The Kier molecular flexibility index (Phi) is 72.5. The first-order valence-electron chi connectivity index (χ1n) is 43.8. The summed E-state index contributed by atoms with van der Waals surface area (Å²) in [6, 6.07) is 0. The molecule has 0 spiro atoms. The van der Waals surface area contributed by atoms with Crippen molar-refractivity contribution in [2.24, 2.45) is 23.7 Å². The molecule has 0 aliphatic carbocycles. The largest absolute Gasteiger partial charge is 0.472 e. The highest BCUT2D eigenvalue weighted by atomic mass is 31.2. The number of hydrogen-bond acceptors (Lipinski definition) is 15. The fourth-order valence-electron chi connectivity index (χ4n) is 13.0. The average molecular weight is 1520 g/mol.